The topological polar surface area (TPSA) is 93.7 Å². The predicted octanol–water partition coefficient (Wildman–Crippen LogP) is 2.92. The number of benzene rings is 2. The Morgan fingerprint density at radius 2 is 1.69 bits per heavy atom. The Hall–Kier alpha value is -3.61. The molecular formula is C22H24N2O5. The first kappa shape index (κ1) is 21.7. The van der Waals surface area contributed by atoms with Gasteiger partial charge in [-0.1, -0.05) is 54.6 Å². The van der Waals surface area contributed by atoms with Crippen molar-refractivity contribution in [3.63, 3.8) is 0 Å². The highest BCUT2D eigenvalue weighted by atomic mass is 16.5. The molecule has 0 saturated heterocycles. The van der Waals surface area contributed by atoms with Crippen molar-refractivity contribution in [2.45, 2.75) is 13.0 Å². The lowest BCUT2D eigenvalue weighted by molar-refractivity contribution is -0.120. The highest BCUT2D eigenvalue weighted by Crippen LogP contribution is 2.07. The smallest absolute Gasteiger partial charge is 0.407 e. The largest absolute Gasteiger partial charge is 0.465 e. The lowest BCUT2D eigenvalue weighted by Crippen LogP contribution is -2.31. The molecule has 7 heteroatoms. The molecule has 0 unspecified atom stereocenters. The van der Waals surface area contributed by atoms with Crippen molar-refractivity contribution < 1.29 is 23.9 Å². The standard InChI is InChI=1S/C22H24N2O5/c1-28-21(26)19-11-9-17(10-12-19)8-5-14-23-20(25)13-15-24-22(27)29-16-18-6-3-2-4-7-18/h2-12H,13-16H2,1H3,(H,23,25)(H,24,27)/b8-5+. The molecule has 0 heterocycles. The molecule has 2 amide bonds. The van der Waals surface area contributed by atoms with Gasteiger partial charge in [-0.25, -0.2) is 9.59 Å². The number of carbonyl (C=O) groups is 3. The number of methoxy groups -OCH3 is 1. The van der Waals surface area contributed by atoms with E-state index in [9.17, 15) is 14.4 Å². The zero-order chi connectivity index (χ0) is 20.9. The van der Waals surface area contributed by atoms with Crippen LogP contribution in [0.2, 0.25) is 0 Å². The zero-order valence-electron chi connectivity index (χ0n) is 16.2. The highest BCUT2D eigenvalue weighted by Gasteiger charge is 2.05. The molecule has 0 aliphatic rings. The van der Waals surface area contributed by atoms with Crippen LogP contribution in [-0.4, -0.2) is 38.2 Å². The van der Waals surface area contributed by atoms with Gasteiger partial charge in [0, 0.05) is 19.5 Å². The Morgan fingerprint density at radius 1 is 0.966 bits per heavy atom. The van der Waals surface area contributed by atoms with E-state index in [4.69, 9.17) is 4.74 Å². The molecule has 0 radical (unpaired) electrons. The molecule has 0 aromatic heterocycles. The quantitative estimate of drug-likeness (QED) is 0.636. The minimum absolute atomic E-state index is 0.155. The fourth-order valence-electron chi connectivity index (χ4n) is 2.36. The predicted molar refractivity (Wildman–Crippen MR) is 109 cm³/mol. The van der Waals surface area contributed by atoms with E-state index < -0.39 is 6.09 Å². The molecule has 0 bridgehead atoms. The Labute approximate surface area is 169 Å². The van der Waals surface area contributed by atoms with Gasteiger partial charge in [-0.3, -0.25) is 4.79 Å². The second-order valence-electron chi connectivity index (χ2n) is 6.06. The molecule has 2 aromatic carbocycles. The third-order valence-corrected chi connectivity index (χ3v) is 3.89. The van der Waals surface area contributed by atoms with Crippen molar-refractivity contribution in [2.75, 3.05) is 20.2 Å². The van der Waals surface area contributed by atoms with E-state index in [1.807, 2.05) is 36.4 Å². The molecule has 0 aliphatic carbocycles. The third-order valence-electron chi connectivity index (χ3n) is 3.89. The van der Waals surface area contributed by atoms with E-state index in [1.54, 1.807) is 30.3 Å². The molecule has 0 saturated carbocycles. The Morgan fingerprint density at radius 3 is 2.38 bits per heavy atom. The summed E-state index contributed by atoms with van der Waals surface area (Å²) in [7, 11) is 1.34. The van der Waals surface area contributed by atoms with E-state index in [0.29, 0.717) is 12.1 Å². The number of hydrogen-bond acceptors (Lipinski definition) is 5. The number of esters is 1. The Balaban J connectivity index is 1.59. The number of hydrogen-bond donors (Lipinski definition) is 2. The summed E-state index contributed by atoms with van der Waals surface area (Å²) in [6.07, 6.45) is 3.23. The molecule has 0 atom stereocenters. The van der Waals surface area contributed by atoms with Gasteiger partial charge in [0.15, 0.2) is 0 Å². The SMILES string of the molecule is COC(=O)c1ccc(/C=C/CNC(=O)CCNC(=O)OCc2ccccc2)cc1. The van der Waals surface area contributed by atoms with Crippen molar-refractivity contribution in [3.8, 4) is 0 Å². The van der Waals surface area contributed by atoms with E-state index >= 15 is 0 Å². The molecule has 2 N–H and O–H groups in total. The summed E-state index contributed by atoms with van der Waals surface area (Å²) in [6.45, 7) is 0.735. The summed E-state index contributed by atoms with van der Waals surface area (Å²) in [5, 5.41) is 5.27. The number of amides is 2. The van der Waals surface area contributed by atoms with Gasteiger partial charge in [-0.2, -0.15) is 0 Å². The average Bonchev–Trinajstić information content (AvgIpc) is 2.76. The van der Waals surface area contributed by atoms with Crippen molar-refractivity contribution in [2.24, 2.45) is 0 Å². The van der Waals surface area contributed by atoms with Crippen molar-refractivity contribution in [1.82, 2.24) is 10.6 Å². The first-order valence-corrected chi connectivity index (χ1v) is 9.14. The van der Waals surface area contributed by atoms with Gasteiger partial charge >= 0.3 is 12.1 Å². The maximum atomic E-state index is 11.8. The third kappa shape index (κ3) is 8.30. The fourth-order valence-corrected chi connectivity index (χ4v) is 2.36. The van der Waals surface area contributed by atoms with Crippen LogP contribution in [0.3, 0.4) is 0 Å². The van der Waals surface area contributed by atoms with E-state index in [0.717, 1.165) is 11.1 Å². The van der Waals surface area contributed by atoms with E-state index in [-0.39, 0.29) is 31.4 Å². The first-order valence-electron chi connectivity index (χ1n) is 9.14. The van der Waals surface area contributed by atoms with E-state index in [2.05, 4.69) is 15.4 Å². The molecule has 0 aliphatic heterocycles. The van der Waals surface area contributed by atoms with E-state index in [1.165, 1.54) is 7.11 Å². The number of ether oxygens (including phenoxy) is 2. The van der Waals surface area contributed by atoms with Gasteiger partial charge in [0.2, 0.25) is 5.91 Å². The average molecular weight is 396 g/mol. The molecule has 2 rings (SSSR count). The highest BCUT2D eigenvalue weighted by molar-refractivity contribution is 5.89. The van der Waals surface area contributed by atoms with Crippen LogP contribution in [0, 0.1) is 0 Å². The minimum atomic E-state index is -0.558. The summed E-state index contributed by atoms with van der Waals surface area (Å²) in [6, 6.07) is 16.3. The van der Waals surface area contributed by atoms with Gasteiger partial charge in [0.05, 0.1) is 12.7 Å². The zero-order valence-corrected chi connectivity index (χ0v) is 16.2. The molecule has 2 aromatic rings. The normalized spacial score (nSPS) is 10.4. The Bertz CT molecular complexity index is 832. The summed E-state index contributed by atoms with van der Waals surface area (Å²) >= 11 is 0. The molecule has 29 heavy (non-hydrogen) atoms. The Kier molecular flexibility index (Phi) is 8.95. The van der Waals surface area contributed by atoms with Crippen molar-refractivity contribution in [3.05, 3.63) is 77.4 Å². The van der Waals surface area contributed by atoms with Crippen LogP contribution in [0.15, 0.2) is 60.7 Å². The summed E-state index contributed by atoms with van der Waals surface area (Å²) in [5.41, 5.74) is 2.27. The molecule has 0 spiro atoms. The van der Waals surface area contributed by atoms with Gasteiger partial charge in [-0.15, -0.1) is 0 Å². The number of alkyl carbamates (subject to hydrolysis) is 1. The molecule has 0 fully saturated rings. The van der Waals surface area contributed by atoms with Gasteiger partial charge < -0.3 is 20.1 Å². The maximum Gasteiger partial charge on any atom is 0.407 e. The van der Waals surface area contributed by atoms with Crippen LogP contribution in [0.25, 0.3) is 6.08 Å². The monoisotopic (exact) mass is 396 g/mol. The summed E-state index contributed by atoms with van der Waals surface area (Å²) < 4.78 is 9.71. The van der Waals surface area contributed by atoms with Crippen LogP contribution in [0.5, 0.6) is 0 Å². The number of nitrogens with one attached hydrogen (secondary N) is 2. The second kappa shape index (κ2) is 12.0. The first-order chi connectivity index (χ1) is 14.1. The van der Waals surface area contributed by atoms with Crippen LogP contribution in [-0.2, 0) is 20.9 Å². The number of rotatable bonds is 9. The van der Waals surface area contributed by atoms with Gasteiger partial charge in [0.25, 0.3) is 0 Å². The fraction of sp³-hybridized carbons (Fsp3) is 0.227. The summed E-state index contributed by atoms with van der Waals surface area (Å²) in [5.74, 6) is -0.565. The van der Waals surface area contributed by atoms with Crippen molar-refractivity contribution >= 4 is 24.0 Å². The molecular weight excluding hydrogens is 372 g/mol. The molecule has 152 valence electrons. The summed E-state index contributed by atoms with van der Waals surface area (Å²) in [4.78, 5) is 34.7. The second-order valence-corrected chi connectivity index (χ2v) is 6.06. The number of carbonyl (C=O) groups excluding carboxylic acids is 3. The molecule has 7 nitrogen and oxygen atoms in total. The van der Waals surface area contributed by atoms with Crippen LogP contribution >= 0.6 is 0 Å². The lowest BCUT2D eigenvalue weighted by atomic mass is 10.1. The van der Waals surface area contributed by atoms with Crippen LogP contribution in [0.4, 0.5) is 4.79 Å². The van der Waals surface area contributed by atoms with Crippen LogP contribution < -0.4 is 10.6 Å². The van der Waals surface area contributed by atoms with Crippen molar-refractivity contribution in [1.29, 1.82) is 0 Å². The van der Waals surface area contributed by atoms with Gasteiger partial charge in [0.1, 0.15) is 6.61 Å². The maximum absolute atomic E-state index is 11.8. The van der Waals surface area contributed by atoms with Gasteiger partial charge in [-0.05, 0) is 23.3 Å². The minimum Gasteiger partial charge on any atom is -0.465 e. The van der Waals surface area contributed by atoms with Crippen LogP contribution in [0.1, 0.15) is 27.9 Å². The lowest BCUT2D eigenvalue weighted by Gasteiger charge is -2.07.